The lowest BCUT2D eigenvalue weighted by Crippen LogP contribution is -2.50. The molecule has 4 nitrogen and oxygen atoms in total. The molecule has 0 aromatic heterocycles. The smallest absolute Gasteiger partial charge is 0.240 e. The number of nitrogens with two attached hydrogens (primary N) is 1. The number of amides is 1. The molecule has 1 fully saturated rings. The Morgan fingerprint density at radius 2 is 2.00 bits per heavy atom. The molecule has 1 aromatic carbocycles. The highest BCUT2D eigenvalue weighted by Crippen LogP contribution is 2.12. The highest BCUT2D eigenvalue weighted by molar-refractivity contribution is 7.99. The molecule has 0 bridgehead atoms. The highest BCUT2D eigenvalue weighted by Gasteiger charge is 2.25. The van der Waals surface area contributed by atoms with Gasteiger partial charge in [-0.25, -0.2) is 0 Å². The van der Waals surface area contributed by atoms with Crippen molar-refractivity contribution in [2.75, 3.05) is 37.7 Å². The van der Waals surface area contributed by atoms with Gasteiger partial charge in [-0.15, -0.1) is 0 Å². The normalized spacial score (nSPS) is 16.7. The quantitative estimate of drug-likeness (QED) is 0.741. The van der Waals surface area contributed by atoms with Crippen LogP contribution in [0.1, 0.15) is 12.0 Å². The van der Waals surface area contributed by atoms with E-state index >= 15 is 0 Å². The van der Waals surface area contributed by atoms with E-state index in [1.54, 1.807) is 0 Å². The first-order chi connectivity index (χ1) is 10.3. The standard InChI is InChI=1S/C16H25N3OS/c17-7-4-8-18-15(13-14-5-2-1-3-6-14)16(20)19-9-11-21-12-10-19/h1-3,5-6,15,18H,4,7-13,17H2/t15-/m0/s1. The van der Waals surface area contributed by atoms with Gasteiger partial charge in [-0.3, -0.25) is 4.79 Å². The number of hydrogen-bond donors (Lipinski definition) is 2. The molecular weight excluding hydrogens is 282 g/mol. The van der Waals surface area contributed by atoms with Crippen molar-refractivity contribution in [3.8, 4) is 0 Å². The molecule has 1 heterocycles. The Kier molecular flexibility index (Phi) is 7.06. The Morgan fingerprint density at radius 1 is 1.29 bits per heavy atom. The van der Waals surface area contributed by atoms with Gasteiger partial charge in [0.15, 0.2) is 0 Å². The Bertz CT molecular complexity index is 421. The van der Waals surface area contributed by atoms with Crippen LogP contribution in [-0.2, 0) is 11.2 Å². The molecule has 1 amide bonds. The minimum absolute atomic E-state index is 0.137. The van der Waals surface area contributed by atoms with Crippen molar-refractivity contribution >= 4 is 17.7 Å². The zero-order chi connectivity index (χ0) is 14.9. The maximum absolute atomic E-state index is 12.7. The molecule has 0 unspecified atom stereocenters. The SMILES string of the molecule is NCCCN[C@@H](Cc1ccccc1)C(=O)N1CCSCC1. The second-order valence-corrected chi connectivity index (χ2v) is 6.50. The number of nitrogens with zero attached hydrogens (tertiary/aromatic N) is 1. The van der Waals surface area contributed by atoms with Crippen LogP contribution < -0.4 is 11.1 Å². The average Bonchev–Trinajstić information content (AvgIpc) is 2.55. The van der Waals surface area contributed by atoms with Crippen LogP contribution in [0.2, 0.25) is 0 Å². The fraction of sp³-hybridized carbons (Fsp3) is 0.562. The van der Waals surface area contributed by atoms with Crippen LogP contribution in [0.25, 0.3) is 0 Å². The molecule has 1 atom stereocenters. The summed E-state index contributed by atoms with van der Waals surface area (Å²) in [7, 11) is 0. The van der Waals surface area contributed by atoms with Gasteiger partial charge in [-0.2, -0.15) is 11.8 Å². The molecule has 2 rings (SSSR count). The third-order valence-electron chi connectivity index (χ3n) is 3.68. The molecular formula is C16H25N3OS. The zero-order valence-electron chi connectivity index (χ0n) is 12.5. The molecule has 3 N–H and O–H groups in total. The summed E-state index contributed by atoms with van der Waals surface area (Å²) >= 11 is 1.92. The summed E-state index contributed by atoms with van der Waals surface area (Å²) in [5.41, 5.74) is 6.74. The topological polar surface area (TPSA) is 58.4 Å². The number of hydrogen-bond acceptors (Lipinski definition) is 4. The van der Waals surface area contributed by atoms with E-state index in [0.29, 0.717) is 6.54 Å². The predicted octanol–water partition coefficient (Wildman–Crippen LogP) is 1.11. The number of benzene rings is 1. The molecule has 0 saturated carbocycles. The van der Waals surface area contributed by atoms with Crippen molar-refractivity contribution in [2.24, 2.45) is 5.73 Å². The van der Waals surface area contributed by atoms with Crippen molar-refractivity contribution < 1.29 is 4.79 Å². The van der Waals surface area contributed by atoms with Crippen LogP contribution in [0.5, 0.6) is 0 Å². The molecule has 116 valence electrons. The largest absolute Gasteiger partial charge is 0.340 e. The minimum Gasteiger partial charge on any atom is -0.340 e. The zero-order valence-corrected chi connectivity index (χ0v) is 13.3. The summed E-state index contributed by atoms with van der Waals surface area (Å²) in [6.45, 7) is 3.18. The van der Waals surface area contributed by atoms with E-state index in [2.05, 4.69) is 17.4 Å². The molecule has 0 spiro atoms. The van der Waals surface area contributed by atoms with Crippen LogP contribution in [0.4, 0.5) is 0 Å². The molecule has 1 aliphatic rings. The van der Waals surface area contributed by atoms with Gasteiger partial charge >= 0.3 is 0 Å². The van der Waals surface area contributed by atoms with Gasteiger partial charge in [0.25, 0.3) is 0 Å². The molecule has 0 radical (unpaired) electrons. The van der Waals surface area contributed by atoms with E-state index in [-0.39, 0.29) is 11.9 Å². The highest BCUT2D eigenvalue weighted by atomic mass is 32.2. The molecule has 1 aromatic rings. The number of carbonyl (C=O) groups is 1. The summed E-state index contributed by atoms with van der Waals surface area (Å²) in [6, 6.07) is 10.1. The third-order valence-corrected chi connectivity index (χ3v) is 4.62. The fourth-order valence-corrected chi connectivity index (χ4v) is 3.38. The maximum atomic E-state index is 12.7. The van der Waals surface area contributed by atoms with Crippen molar-refractivity contribution in [1.82, 2.24) is 10.2 Å². The maximum Gasteiger partial charge on any atom is 0.240 e. The fourth-order valence-electron chi connectivity index (χ4n) is 2.48. The summed E-state index contributed by atoms with van der Waals surface area (Å²) < 4.78 is 0. The lowest BCUT2D eigenvalue weighted by atomic mass is 10.0. The summed E-state index contributed by atoms with van der Waals surface area (Å²) in [5, 5.41) is 3.39. The Balaban J connectivity index is 1.98. The van der Waals surface area contributed by atoms with Gasteiger partial charge in [-0.1, -0.05) is 30.3 Å². The van der Waals surface area contributed by atoms with Crippen LogP contribution in [0.15, 0.2) is 30.3 Å². The van der Waals surface area contributed by atoms with E-state index in [1.165, 1.54) is 5.56 Å². The monoisotopic (exact) mass is 307 g/mol. The predicted molar refractivity (Wildman–Crippen MR) is 89.5 cm³/mol. The lowest BCUT2D eigenvalue weighted by molar-refractivity contribution is -0.133. The number of thioether (sulfide) groups is 1. The molecule has 1 saturated heterocycles. The van der Waals surface area contributed by atoms with E-state index < -0.39 is 0 Å². The second kappa shape index (κ2) is 9.07. The first kappa shape index (κ1) is 16.3. The van der Waals surface area contributed by atoms with E-state index in [1.807, 2.05) is 34.9 Å². The van der Waals surface area contributed by atoms with Gasteiger partial charge in [0.2, 0.25) is 5.91 Å². The van der Waals surface area contributed by atoms with Crippen LogP contribution in [-0.4, -0.2) is 54.5 Å². The Morgan fingerprint density at radius 3 is 2.67 bits per heavy atom. The van der Waals surface area contributed by atoms with Gasteiger partial charge in [0.05, 0.1) is 6.04 Å². The van der Waals surface area contributed by atoms with Crippen molar-refractivity contribution in [3.05, 3.63) is 35.9 Å². The molecule has 1 aliphatic heterocycles. The number of rotatable bonds is 7. The molecule has 5 heteroatoms. The van der Waals surface area contributed by atoms with E-state index in [4.69, 9.17) is 5.73 Å². The first-order valence-electron chi connectivity index (χ1n) is 7.65. The number of nitrogens with one attached hydrogen (secondary N) is 1. The van der Waals surface area contributed by atoms with Crippen molar-refractivity contribution in [3.63, 3.8) is 0 Å². The molecule has 0 aliphatic carbocycles. The first-order valence-corrected chi connectivity index (χ1v) is 8.80. The lowest BCUT2D eigenvalue weighted by Gasteiger charge is -2.30. The summed E-state index contributed by atoms with van der Waals surface area (Å²) in [4.78, 5) is 14.7. The van der Waals surface area contributed by atoms with Gasteiger partial charge < -0.3 is 16.0 Å². The van der Waals surface area contributed by atoms with Crippen molar-refractivity contribution in [1.29, 1.82) is 0 Å². The molecule has 21 heavy (non-hydrogen) atoms. The van der Waals surface area contributed by atoms with Crippen LogP contribution in [0, 0.1) is 0 Å². The van der Waals surface area contributed by atoms with E-state index in [9.17, 15) is 4.79 Å². The average molecular weight is 307 g/mol. The van der Waals surface area contributed by atoms with Crippen LogP contribution in [0.3, 0.4) is 0 Å². The minimum atomic E-state index is -0.137. The summed E-state index contributed by atoms with van der Waals surface area (Å²) in [5.74, 6) is 2.33. The van der Waals surface area contributed by atoms with E-state index in [0.717, 1.165) is 44.0 Å². The van der Waals surface area contributed by atoms with Crippen LogP contribution >= 0.6 is 11.8 Å². The number of carbonyl (C=O) groups excluding carboxylic acids is 1. The Hall–Kier alpha value is -1.04. The van der Waals surface area contributed by atoms with Gasteiger partial charge in [-0.05, 0) is 31.5 Å². The third kappa shape index (κ3) is 5.34. The van der Waals surface area contributed by atoms with Gasteiger partial charge in [0, 0.05) is 24.6 Å². The second-order valence-electron chi connectivity index (χ2n) is 5.28. The van der Waals surface area contributed by atoms with Gasteiger partial charge in [0.1, 0.15) is 0 Å². The van der Waals surface area contributed by atoms with Crippen molar-refractivity contribution in [2.45, 2.75) is 18.9 Å². The summed E-state index contributed by atoms with van der Waals surface area (Å²) in [6.07, 6.45) is 1.64. The Labute approximate surface area is 131 Å².